The smallest absolute Gasteiger partial charge is 0.356 e. The maximum Gasteiger partial charge on any atom is 0.356 e. The van der Waals surface area contributed by atoms with Gasteiger partial charge in [0.25, 0.3) is 0 Å². The number of phenolic OH excluding ortho intramolecular Hbond substituents is 1. The molecule has 0 unspecified atom stereocenters. The van der Waals surface area contributed by atoms with Crippen LogP contribution in [0.4, 0.5) is 0 Å². The SMILES string of the molecule is CC(C)c1nccn1-c1ncncc1C(O)(O)Oc1cccc(O)c1C=O. The van der Waals surface area contributed by atoms with Crippen molar-refractivity contribution >= 4 is 6.29 Å². The molecule has 3 aromatic rings. The Morgan fingerprint density at radius 1 is 1.26 bits per heavy atom. The number of carbonyl (C=O) groups excluding carboxylic acids is 1. The highest BCUT2D eigenvalue weighted by molar-refractivity contribution is 5.83. The molecule has 0 aliphatic carbocycles. The third kappa shape index (κ3) is 3.50. The molecule has 0 aliphatic rings. The molecule has 0 saturated heterocycles. The standard InChI is InChI=1S/C18H18N4O5/c1-11(2)16-20-6-7-22(16)17-13(8-19-10-21-17)18(25,26)27-15-5-3-4-14(24)12(15)9-23/h3-11,24-26H,1-2H3. The van der Waals surface area contributed by atoms with Gasteiger partial charge in [-0.15, -0.1) is 0 Å². The van der Waals surface area contributed by atoms with E-state index in [0.29, 0.717) is 12.1 Å². The first kappa shape index (κ1) is 18.5. The lowest BCUT2D eigenvalue weighted by Crippen LogP contribution is -2.34. The van der Waals surface area contributed by atoms with Gasteiger partial charge in [-0.1, -0.05) is 19.9 Å². The second-order valence-electron chi connectivity index (χ2n) is 6.09. The first-order valence-corrected chi connectivity index (χ1v) is 8.10. The van der Waals surface area contributed by atoms with E-state index in [1.807, 2.05) is 13.8 Å². The summed E-state index contributed by atoms with van der Waals surface area (Å²) in [5, 5.41) is 30.9. The molecular formula is C18H18N4O5. The van der Waals surface area contributed by atoms with Gasteiger partial charge >= 0.3 is 5.97 Å². The Kier molecular flexibility index (Phi) is 4.89. The van der Waals surface area contributed by atoms with Crippen LogP contribution in [0.1, 0.15) is 41.5 Å². The zero-order valence-electron chi connectivity index (χ0n) is 14.6. The van der Waals surface area contributed by atoms with E-state index in [2.05, 4.69) is 15.0 Å². The van der Waals surface area contributed by atoms with Crippen LogP contribution >= 0.6 is 0 Å². The number of hydrogen-bond acceptors (Lipinski definition) is 8. The Balaban J connectivity index is 2.08. The summed E-state index contributed by atoms with van der Waals surface area (Å²) in [6.07, 6.45) is 6.00. The van der Waals surface area contributed by atoms with Gasteiger partial charge in [0.2, 0.25) is 0 Å². The normalized spacial score (nSPS) is 11.6. The fourth-order valence-electron chi connectivity index (χ4n) is 2.61. The molecule has 27 heavy (non-hydrogen) atoms. The minimum Gasteiger partial charge on any atom is -0.507 e. The Bertz CT molecular complexity index is 968. The monoisotopic (exact) mass is 370 g/mol. The highest BCUT2D eigenvalue weighted by Crippen LogP contribution is 2.32. The zero-order chi connectivity index (χ0) is 19.6. The number of phenols is 1. The average molecular weight is 370 g/mol. The summed E-state index contributed by atoms with van der Waals surface area (Å²) >= 11 is 0. The largest absolute Gasteiger partial charge is 0.507 e. The first-order chi connectivity index (χ1) is 12.8. The number of carbonyl (C=O) groups is 1. The van der Waals surface area contributed by atoms with Crippen LogP contribution in [0.3, 0.4) is 0 Å². The van der Waals surface area contributed by atoms with Crippen LogP contribution in [0.25, 0.3) is 5.82 Å². The van der Waals surface area contributed by atoms with Gasteiger partial charge in [0.15, 0.2) is 12.1 Å². The number of ether oxygens (including phenoxy) is 1. The number of aliphatic hydroxyl groups is 2. The van der Waals surface area contributed by atoms with Crippen molar-refractivity contribution in [1.82, 2.24) is 19.5 Å². The Hall–Kier alpha value is -3.30. The molecule has 9 heteroatoms. The quantitative estimate of drug-likeness (QED) is 0.439. The van der Waals surface area contributed by atoms with Crippen LogP contribution in [0.5, 0.6) is 11.5 Å². The Morgan fingerprint density at radius 3 is 2.74 bits per heavy atom. The molecule has 9 nitrogen and oxygen atoms in total. The number of aldehydes is 1. The summed E-state index contributed by atoms with van der Waals surface area (Å²) in [4.78, 5) is 23.4. The Morgan fingerprint density at radius 2 is 2.04 bits per heavy atom. The second kappa shape index (κ2) is 7.14. The molecule has 0 aliphatic heterocycles. The molecule has 0 atom stereocenters. The fraction of sp³-hybridized carbons (Fsp3) is 0.222. The first-order valence-electron chi connectivity index (χ1n) is 8.10. The maximum absolute atomic E-state index is 11.2. The highest BCUT2D eigenvalue weighted by Gasteiger charge is 2.35. The second-order valence-corrected chi connectivity index (χ2v) is 6.09. The van der Waals surface area contributed by atoms with Crippen molar-refractivity contribution in [2.75, 3.05) is 0 Å². The lowest BCUT2D eigenvalue weighted by Gasteiger charge is -2.25. The average Bonchev–Trinajstić information content (AvgIpc) is 3.11. The van der Waals surface area contributed by atoms with Crippen LogP contribution in [0, 0.1) is 0 Å². The molecule has 2 heterocycles. The summed E-state index contributed by atoms with van der Waals surface area (Å²) in [6.45, 7) is 3.87. The van der Waals surface area contributed by atoms with E-state index < -0.39 is 5.97 Å². The van der Waals surface area contributed by atoms with Crippen LogP contribution in [0.2, 0.25) is 0 Å². The molecule has 0 saturated carbocycles. The summed E-state index contributed by atoms with van der Waals surface area (Å²) in [5.74, 6) is -2.58. The van der Waals surface area contributed by atoms with E-state index in [9.17, 15) is 20.1 Å². The highest BCUT2D eigenvalue weighted by atomic mass is 16.8. The molecule has 140 valence electrons. The predicted molar refractivity (Wildman–Crippen MR) is 93.5 cm³/mol. The number of nitrogens with zero attached hydrogens (tertiary/aromatic N) is 4. The summed E-state index contributed by atoms with van der Waals surface area (Å²) in [6, 6.07) is 4.01. The van der Waals surface area contributed by atoms with Crippen molar-refractivity contribution in [1.29, 1.82) is 0 Å². The van der Waals surface area contributed by atoms with Crippen molar-refractivity contribution in [3.63, 3.8) is 0 Å². The van der Waals surface area contributed by atoms with Crippen LogP contribution in [0.15, 0.2) is 43.1 Å². The lowest BCUT2D eigenvalue weighted by molar-refractivity contribution is -0.304. The van der Waals surface area contributed by atoms with Crippen LogP contribution < -0.4 is 4.74 Å². The fourth-order valence-corrected chi connectivity index (χ4v) is 2.61. The van der Waals surface area contributed by atoms with Crippen molar-refractivity contribution in [3.05, 3.63) is 60.1 Å². The van der Waals surface area contributed by atoms with E-state index in [-0.39, 0.29) is 34.4 Å². The van der Waals surface area contributed by atoms with Crippen molar-refractivity contribution in [2.45, 2.75) is 25.7 Å². The van der Waals surface area contributed by atoms with Gasteiger partial charge in [0.05, 0.1) is 5.56 Å². The summed E-state index contributed by atoms with van der Waals surface area (Å²) in [7, 11) is 0. The number of benzene rings is 1. The zero-order valence-corrected chi connectivity index (χ0v) is 14.6. The van der Waals surface area contributed by atoms with Crippen molar-refractivity contribution < 1.29 is 24.9 Å². The molecule has 3 N–H and O–H groups in total. The molecular weight excluding hydrogens is 352 g/mol. The maximum atomic E-state index is 11.2. The topological polar surface area (TPSA) is 131 Å². The molecule has 2 aromatic heterocycles. The molecule has 1 aromatic carbocycles. The lowest BCUT2D eigenvalue weighted by atomic mass is 10.2. The summed E-state index contributed by atoms with van der Waals surface area (Å²) < 4.78 is 6.83. The van der Waals surface area contributed by atoms with E-state index in [4.69, 9.17) is 4.74 Å². The Labute approximate surface area is 154 Å². The van der Waals surface area contributed by atoms with Gasteiger partial charge in [-0.2, -0.15) is 0 Å². The minimum atomic E-state index is -2.87. The van der Waals surface area contributed by atoms with E-state index in [1.165, 1.54) is 30.7 Å². The molecule has 0 radical (unpaired) electrons. The third-order valence-electron chi connectivity index (χ3n) is 3.87. The van der Waals surface area contributed by atoms with Gasteiger partial charge in [-0.25, -0.2) is 15.0 Å². The number of imidazole rings is 1. The minimum absolute atomic E-state index is 0.0447. The third-order valence-corrected chi connectivity index (χ3v) is 3.87. The molecule has 0 fully saturated rings. The molecule has 0 spiro atoms. The number of hydrogen-bond donors (Lipinski definition) is 3. The van der Waals surface area contributed by atoms with Gasteiger partial charge in [-0.05, 0) is 12.1 Å². The van der Waals surface area contributed by atoms with Gasteiger partial charge in [0.1, 0.15) is 29.2 Å². The van der Waals surface area contributed by atoms with E-state index in [0.717, 1.165) is 0 Å². The summed E-state index contributed by atoms with van der Waals surface area (Å²) in [5.41, 5.74) is -0.376. The van der Waals surface area contributed by atoms with Crippen LogP contribution in [-0.2, 0) is 5.97 Å². The van der Waals surface area contributed by atoms with Gasteiger partial charge in [-0.3, -0.25) is 9.36 Å². The molecule has 3 rings (SSSR count). The van der Waals surface area contributed by atoms with Gasteiger partial charge in [0, 0.05) is 24.5 Å². The van der Waals surface area contributed by atoms with E-state index >= 15 is 0 Å². The predicted octanol–water partition coefficient (Wildman–Crippen LogP) is 1.48. The number of aromatic hydroxyl groups is 1. The number of aromatic nitrogens is 4. The van der Waals surface area contributed by atoms with Crippen molar-refractivity contribution in [3.8, 4) is 17.3 Å². The van der Waals surface area contributed by atoms with Crippen LogP contribution in [-0.4, -0.2) is 41.1 Å². The van der Waals surface area contributed by atoms with Gasteiger partial charge < -0.3 is 20.1 Å². The van der Waals surface area contributed by atoms with E-state index in [1.54, 1.807) is 17.0 Å². The van der Waals surface area contributed by atoms with Crippen molar-refractivity contribution in [2.24, 2.45) is 0 Å². The molecule has 0 bridgehead atoms. The number of rotatable bonds is 6. The molecule has 0 amide bonds.